The van der Waals surface area contributed by atoms with Crippen LogP contribution in [0.4, 0.5) is 0 Å². The SMILES string of the molecule is OC(O)C1CS[CH-]N1.[CH3-].[Y]. The van der Waals surface area contributed by atoms with Gasteiger partial charge in [0, 0.05) is 38.8 Å². The first-order valence-electron chi connectivity index (χ1n) is 2.36. The number of aliphatic hydroxyl groups is 2. The van der Waals surface area contributed by atoms with Crippen molar-refractivity contribution in [2.75, 3.05) is 5.75 Å². The Labute approximate surface area is 90.8 Å². The molecule has 0 saturated carbocycles. The first kappa shape index (κ1) is 13.9. The predicted octanol–water partition coefficient (Wildman–Crippen LogP) is -0.431. The van der Waals surface area contributed by atoms with E-state index in [9.17, 15) is 0 Å². The molecule has 0 aromatic rings. The van der Waals surface area contributed by atoms with Crippen molar-refractivity contribution in [3.05, 3.63) is 13.3 Å². The summed E-state index contributed by atoms with van der Waals surface area (Å²) in [6, 6.07) is -0.167. The Morgan fingerprint density at radius 1 is 1.60 bits per heavy atom. The Bertz CT molecular complexity index is 78.0. The molecular formula is C5H11NO2SY-2. The molecule has 0 aromatic carbocycles. The fourth-order valence-electron chi connectivity index (χ4n) is 0.508. The number of aliphatic hydroxyl groups excluding tert-OH is 1. The largest absolute Gasteiger partial charge is 0.453 e. The fourth-order valence-corrected chi connectivity index (χ4v) is 1.35. The van der Waals surface area contributed by atoms with Crippen molar-refractivity contribution in [2.45, 2.75) is 12.3 Å². The molecular weight excluding hydrogens is 227 g/mol. The summed E-state index contributed by atoms with van der Waals surface area (Å²) in [5.74, 6) is 2.52. The summed E-state index contributed by atoms with van der Waals surface area (Å²) in [4.78, 5) is 0. The van der Waals surface area contributed by atoms with Crippen LogP contribution in [0.5, 0.6) is 0 Å². The molecule has 1 rings (SSSR count). The van der Waals surface area contributed by atoms with E-state index in [2.05, 4.69) is 5.32 Å². The van der Waals surface area contributed by atoms with Gasteiger partial charge < -0.3 is 34.7 Å². The average molecular weight is 238 g/mol. The second-order valence-corrected chi connectivity index (χ2v) is 2.54. The molecule has 1 aliphatic heterocycles. The summed E-state index contributed by atoms with van der Waals surface area (Å²) >= 11 is 1.55. The number of hydrogen-bond acceptors (Lipinski definition) is 4. The van der Waals surface area contributed by atoms with Crippen molar-refractivity contribution in [1.82, 2.24) is 5.32 Å². The second-order valence-electron chi connectivity index (χ2n) is 1.64. The maximum absolute atomic E-state index is 8.51. The zero-order valence-electron chi connectivity index (χ0n) is 5.82. The molecule has 1 saturated heterocycles. The smallest absolute Gasteiger partial charge is 0.165 e. The van der Waals surface area contributed by atoms with E-state index in [1.165, 1.54) is 0 Å². The van der Waals surface area contributed by atoms with E-state index in [4.69, 9.17) is 10.2 Å². The van der Waals surface area contributed by atoms with E-state index in [0.717, 1.165) is 5.75 Å². The predicted molar refractivity (Wildman–Crippen MR) is 38.3 cm³/mol. The minimum absolute atomic E-state index is 0. The maximum atomic E-state index is 8.51. The molecule has 0 spiro atoms. The standard InChI is InChI=1S/C4H8NO2S.CH3.Y/c6-4(7)3-1-8-2-5-3;;/h2-7H,1H2;1H3;/q2*-1;. The van der Waals surface area contributed by atoms with Crippen molar-refractivity contribution in [2.24, 2.45) is 0 Å². The Kier molecular flexibility index (Phi) is 9.74. The third kappa shape index (κ3) is 4.26. The topological polar surface area (TPSA) is 52.5 Å². The van der Waals surface area contributed by atoms with Gasteiger partial charge in [-0.25, -0.2) is 5.88 Å². The molecule has 0 aliphatic carbocycles. The van der Waals surface area contributed by atoms with Gasteiger partial charge in [-0.3, -0.25) is 0 Å². The maximum Gasteiger partial charge on any atom is 0.165 e. The normalized spacial score (nSPS) is 23.7. The van der Waals surface area contributed by atoms with Crippen molar-refractivity contribution < 1.29 is 42.9 Å². The Morgan fingerprint density at radius 3 is 2.40 bits per heavy atom. The Balaban J connectivity index is 0. The molecule has 1 heterocycles. The molecule has 10 heavy (non-hydrogen) atoms. The minimum Gasteiger partial charge on any atom is -0.453 e. The van der Waals surface area contributed by atoms with E-state index in [1.807, 2.05) is 0 Å². The van der Waals surface area contributed by atoms with E-state index in [1.54, 1.807) is 17.6 Å². The number of hydrogen-bond donors (Lipinski definition) is 3. The summed E-state index contributed by atoms with van der Waals surface area (Å²) in [6.45, 7) is 0. The van der Waals surface area contributed by atoms with Crippen LogP contribution in [-0.4, -0.2) is 28.3 Å². The first-order valence-corrected chi connectivity index (χ1v) is 3.41. The molecule has 0 amide bonds. The number of thioether (sulfide) groups is 1. The molecule has 0 aromatic heterocycles. The molecule has 1 atom stereocenters. The fraction of sp³-hybridized carbons (Fsp3) is 0.600. The van der Waals surface area contributed by atoms with E-state index < -0.39 is 6.29 Å². The van der Waals surface area contributed by atoms with Crippen LogP contribution in [0.15, 0.2) is 0 Å². The van der Waals surface area contributed by atoms with Gasteiger partial charge in [0.15, 0.2) is 6.29 Å². The van der Waals surface area contributed by atoms with Gasteiger partial charge in [-0.2, -0.15) is 0 Å². The van der Waals surface area contributed by atoms with Gasteiger partial charge in [-0.05, 0) is 5.75 Å². The average Bonchev–Trinajstić information content (AvgIpc) is 2.12. The van der Waals surface area contributed by atoms with Crippen LogP contribution in [-0.2, 0) is 32.7 Å². The monoisotopic (exact) mass is 238 g/mol. The summed E-state index contributed by atoms with van der Waals surface area (Å²) in [6.07, 6.45) is -1.22. The summed E-state index contributed by atoms with van der Waals surface area (Å²) in [5, 5.41) is 19.8. The van der Waals surface area contributed by atoms with Crippen LogP contribution in [0.25, 0.3) is 0 Å². The van der Waals surface area contributed by atoms with E-state index in [-0.39, 0.29) is 46.2 Å². The zero-order chi connectivity index (χ0) is 5.98. The van der Waals surface area contributed by atoms with Crippen molar-refractivity contribution >= 4 is 11.8 Å². The quantitative estimate of drug-likeness (QED) is 0.428. The van der Waals surface area contributed by atoms with Crippen molar-refractivity contribution in [3.63, 3.8) is 0 Å². The molecule has 59 valence electrons. The Morgan fingerprint density at radius 2 is 2.20 bits per heavy atom. The minimum atomic E-state index is -1.22. The van der Waals surface area contributed by atoms with E-state index >= 15 is 0 Å². The van der Waals surface area contributed by atoms with Crippen LogP contribution in [0.1, 0.15) is 0 Å². The third-order valence-electron chi connectivity index (χ3n) is 1.00. The molecule has 1 fully saturated rings. The van der Waals surface area contributed by atoms with Gasteiger partial charge in [0.05, 0.1) is 0 Å². The molecule has 1 unspecified atom stereocenters. The first-order chi connectivity index (χ1) is 3.80. The second kappa shape index (κ2) is 7.01. The van der Waals surface area contributed by atoms with Gasteiger partial charge in [0.1, 0.15) is 0 Å². The summed E-state index contributed by atoms with van der Waals surface area (Å²) in [7, 11) is 0. The van der Waals surface area contributed by atoms with Gasteiger partial charge >= 0.3 is 0 Å². The van der Waals surface area contributed by atoms with Gasteiger partial charge in [0.2, 0.25) is 0 Å². The van der Waals surface area contributed by atoms with Crippen LogP contribution in [0.2, 0.25) is 0 Å². The molecule has 0 bridgehead atoms. The van der Waals surface area contributed by atoms with Crippen molar-refractivity contribution in [3.8, 4) is 0 Å². The van der Waals surface area contributed by atoms with Gasteiger partial charge in [-0.1, -0.05) is 0 Å². The van der Waals surface area contributed by atoms with Crippen LogP contribution >= 0.6 is 11.8 Å². The number of rotatable bonds is 1. The van der Waals surface area contributed by atoms with Crippen LogP contribution in [0, 0.1) is 13.3 Å². The molecule has 1 aliphatic rings. The third-order valence-corrected chi connectivity index (χ3v) is 1.86. The molecule has 1 radical (unpaired) electrons. The van der Waals surface area contributed by atoms with E-state index in [0.29, 0.717) is 0 Å². The molecule has 5 heteroatoms. The van der Waals surface area contributed by atoms with Crippen LogP contribution in [0.3, 0.4) is 0 Å². The number of nitrogens with one attached hydrogen (secondary N) is 1. The van der Waals surface area contributed by atoms with Gasteiger partial charge in [0.25, 0.3) is 0 Å². The molecule has 3 N–H and O–H groups in total. The zero-order valence-corrected chi connectivity index (χ0v) is 9.47. The summed E-state index contributed by atoms with van der Waals surface area (Å²) < 4.78 is 0. The van der Waals surface area contributed by atoms with Crippen LogP contribution < -0.4 is 5.32 Å². The Hall–Kier alpha value is 1.33. The molecule has 3 nitrogen and oxygen atoms in total. The van der Waals surface area contributed by atoms with Crippen molar-refractivity contribution in [1.29, 1.82) is 0 Å². The van der Waals surface area contributed by atoms with Gasteiger partial charge in [-0.15, -0.1) is 0 Å². The summed E-state index contributed by atoms with van der Waals surface area (Å²) in [5.41, 5.74) is 0.